The van der Waals surface area contributed by atoms with Gasteiger partial charge in [-0.3, -0.25) is 10.2 Å². The fourth-order valence-electron chi connectivity index (χ4n) is 2.72. The fourth-order valence-corrected chi connectivity index (χ4v) is 2.72. The fraction of sp³-hybridized carbons (Fsp3) is 0.562. The van der Waals surface area contributed by atoms with Gasteiger partial charge in [0.2, 0.25) is 5.41 Å². The number of carbonyl (C=O) groups excluding carboxylic acids is 1. The van der Waals surface area contributed by atoms with Gasteiger partial charge in [-0.1, -0.05) is 30.3 Å². The molecule has 3 nitrogen and oxygen atoms in total. The van der Waals surface area contributed by atoms with Gasteiger partial charge in [-0.05, 0) is 31.2 Å². The molecule has 1 amide bonds. The highest BCUT2D eigenvalue weighted by atomic mass is 19.4. The van der Waals surface area contributed by atoms with Crippen LogP contribution in [0.15, 0.2) is 30.3 Å². The van der Waals surface area contributed by atoms with Crippen LogP contribution in [0.25, 0.3) is 0 Å². The molecule has 1 aromatic carbocycles. The van der Waals surface area contributed by atoms with Crippen LogP contribution in [0.1, 0.15) is 31.2 Å². The van der Waals surface area contributed by atoms with Crippen molar-refractivity contribution in [3.63, 3.8) is 0 Å². The van der Waals surface area contributed by atoms with Gasteiger partial charge in [-0.2, -0.15) is 26.3 Å². The van der Waals surface area contributed by atoms with Crippen molar-refractivity contribution in [1.82, 2.24) is 10.4 Å². The molecule has 0 radical (unpaired) electrons. The van der Waals surface area contributed by atoms with Gasteiger partial charge in [0, 0.05) is 13.1 Å². The molecule has 1 aromatic rings. The highest BCUT2D eigenvalue weighted by molar-refractivity contribution is 5.83. The second-order valence-corrected chi connectivity index (χ2v) is 6.23. The Kier molecular flexibility index (Phi) is 5.36. The summed E-state index contributed by atoms with van der Waals surface area (Å²) < 4.78 is 77.3. The van der Waals surface area contributed by atoms with E-state index in [-0.39, 0.29) is 25.9 Å². The molecule has 25 heavy (non-hydrogen) atoms. The van der Waals surface area contributed by atoms with E-state index in [0.29, 0.717) is 12.8 Å². The molecule has 140 valence electrons. The van der Waals surface area contributed by atoms with Crippen LogP contribution < -0.4 is 5.43 Å². The van der Waals surface area contributed by atoms with Gasteiger partial charge >= 0.3 is 12.4 Å². The van der Waals surface area contributed by atoms with E-state index in [9.17, 15) is 31.1 Å². The average Bonchev–Trinajstić information content (AvgIpc) is 2.53. The molecule has 1 N–H and O–H groups in total. The summed E-state index contributed by atoms with van der Waals surface area (Å²) in [5, 5.41) is 1.12. The lowest BCUT2D eigenvalue weighted by molar-refractivity contribution is -0.320. The summed E-state index contributed by atoms with van der Waals surface area (Å²) in [6.45, 7) is 0.216. The van der Waals surface area contributed by atoms with E-state index in [2.05, 4.69) is 0 Å². The molecule has 0 bridgehead atoms. The van der Waals surface area contributed by atoms with Crippen LogP contribution in [0.5, 0.6) is 0 Å². The molecule has 1 aliphatic rings. The smallest absolute Gasteiger partial charge is 0.288 e. The molecule has 0 unspecified atom stereocenters. The summed E-state index contributed by atoms with van der Waals surface area (Å²) in [5.74, 6) is -1.95. The molecule has 0 aliphatic carbocycles. The Morgan fingerprint density at radius 1 is 1.00 bits per heavy atom. The Morgan fingerprint density at radius 3 is 1.92 bits per heavy atom. The molecule has 1 saturated heterocycles. The van der Waals surface area contributed by atoms with E-state index in [1.165, 1.54) is 0 Å². The molecular weight excluding hydrogens is 350 g/mol. The van der Waals surface area contributed by atoms with Crippen molar-refractivity contribution in [2.75, 3.05) is 13.1 Å². The Hall–Kier alpha value is -1.77. The summed E-state index contributed by atoms with van der Waals surface area (Å²) >= 11 is 0. The number of hydrogen-bond donors (Lipinski definition) is 1. The number of amides is 1. The number of alkyl halides is 6. The topological polar surface area (TPSA) is 32.3 Å². The van der Waals surface area contributed by atoms with Crippen molar-refractivity contribution in [1.29, 1.82) is 0 Å². The Balaban J connectivity index is 2.02. The zero-order chi connectivity index (χ0) is 18.9. The Labute approximate surface area is 141 Å². The summed E-state index contributed by atoms with van der Waals surface area (Å²) in [6, 6.07) is 9.42. The van der Waals surface area contributed by atoms with E-state index >= 15 is 0 Å². The molecule has 2 rings (SSSR count). The largest absolute Gasteiger partial charge is 0.411 e. The minimum atomic E-state index is -5.74. The number of hydrogen-bond acceptors (Lipinski definition) is 2. The molecule has 0 saturated carbocycles. The second-order valence-electron chi connectivity index (χ2n) is 6.23. The first-order valence-corrected chi connectivity index (χ1v) is 7.71. The number of piperidine rings is 1. The number of benzene rings is 1. The number of carbonyl (C=O) groups is 1. The maximum atomic E-state index is 12.9. The van der Waals surface area contributed by atoms with Crippen molar-refractivity contribution in [3.05, 3.63) is 35.9 Å². The molecular formula is C16H18F6N2O. The maximum Gasteiger partial charge on any atom is 0.411 e. The maximum absolute atomic E-state index is 12.9. The third-order valence-corrected chi connectivity index (χ3v) is 4.61. The summed E-state index contributed by atoms with van der Waals surface area (Å²) in [7, 11) is 0. The number of nitrogens with one attached hydrogen (secondary N) is 1. The predicted octanol–water partition coefficient (Wildman–Crippen LogP) is 4.03. The van der Waals surface area contributed by atoms with Crippen molar-refractivity contribution < 1.29 is 31.1 Å². The van der Waals surface area contributed by atoms with Crippen LogP contribution in [0.3, 0.4) is 0 Å². The lowest BCUT2D eigenvalue weighted by Gasteiger charge is -2.37. The van der Waals surface area contributed by atoms with Gasteiger partial charge in [0.15, 0.2) is 0 Å². The minimum absolute atomic E-state index is 0.140. The number of hydrazine groups is 1. The van der Waals surface area contributed by atoms with Gasteiger partial charge in [0.05, 0.1) is 0 Å². The van der Waals surface area contributed by atoms with Crippen LogP contribution >= 0.6 is 0 Å². The van der Waals surface area contributed by atoms with E-state index in [0.717, 1.165) is 10.6 Å². The SMILES string of the molecule is CC(C(=O)NN1CCC(c2ccccc2)CC1)(C(F)(F)F)C(F)(F)F. The number of rotatable bonds is 3. The third-order valence-electron chi connectivity index (χ3n) is 4.61. The first-order chi connectivity index (χ1) is 11.5. The second kappa shape index (κ2) is 6.86. The standard InChI is InChI=1S/C16H18F6N2O/c1-14(15(17,18)19,16(20,21)22)13(25)23-24-9-7-12(8-10-24)11-5-3-2-4-6-11/h2-6,12H,7-10H2,1H3,(H,23,25). The quantitative estimate of drug-likeness (QED) is 0.817. The van der Waals surface area contributed by atoms with E-state index in [4.69, 9.17) is 0 Å². The van der Waals surface area contributed by atoms with Crippen LogP contribution in [-0.2, 0) is 4.79 Å². The van der Waals surface area contributed by atoms with Crippen LogP contribution in [0, 0.1) is 5.41 Å². The highest BCUT2D eigenvalue weighted by Crippen LogP contribution is 2.50. The van der Waals surface area contributed by atoms with E-state index < -0.39 is 23.7 Å². The van der Waals surface area contributed by atoms with Crippen LogP contribution in [0.4, 0.5) is 26.3 Å². The van der Waals surface area contributed by atoms with Gasteiger partial charge in [0.1, 0.15) is 0 Å². The monoisotopic (exact) mass is 368 g/mol. The third kappa shape index (κ3) is 3.91. The molecule has 0 atom stereocenters. The molecule has 9 heteroatoms. The zero-order valence-electron chi connectivity index (χ0n) is 13.4. The number of halogens is 6. The average molecular weight is 368 g/mol. The highest BCUT2D eigenvalue weighted by Gasteiger charge is 2.72. The summed E-state index contributed by atoms with van der Waals surface area (Å²) in [4.78, 5) is 11.8. The van der Waals surface area contributed by atoms with Crippen molar-refractivity contribution in [2.24, 2.45) is 5.41 Å². The number of nitrogens with zero attached hydrogens (tertiary/aromatic N) is 1. The Bertz CT molecular complexity index is 577. The van der Waals surface area contributed by atoms with Gasteiger partial charge in [0.25, 0.3) is 5.91 Å². The molecule has 1 heterocycles. The lowest BCUT2D eigenvalue weighted by Crippen LogP contribution is -2.61. The van der Waals surface area contributed by atoms with Crippen molar-refractivity contribution in [2.45, 2.75) is 38.0 Å². The minimum Gasteiger partial charge on any atom is -0.288 e. The van der Waals surface area contributed by atoms with Gasteiger partial charge < -0.3 is 0 Å². The first-order valence-electron chi connectivity index (χ1n) is 7.71. The summed E-state index contributed by atoms with van der Waals surface area (Å²) in [6.07, 6.45) is -10.4. The van der Waals surface area contributed by atoms with Crippen molar-refractivity contribution in [3.8, 4) is 0 Å². The van der Waals surface area contributed by atoms with Crippen LogP contribution in [-0.4, -0.2) is 36.4 Å². The van der Waals surface area contributed by atoms with Crippen LogP contribution in [0.2, 0.25) is 0 Å². The van der Waals surface area contributed by atoms with Gasteiger partial charge in [-0.25, -0.2) is 5.01 Å². The molecule has 1 aliphatic heterocycles. The normalized spacial score (nSPS) is 18.2. The molecule has 0 spiro atoms. The van der Waals surface area contributed by atoms with E-state index in [1.54, 1.807) is 5.43 Å². The van der Waals surface area contributed by atoms with E-state index in [1.807, 2.05) is 30.3 Å². The van der Waals surface area contributed by atoms with Crippen molar-refractivity contribution >= 4 is 5.91 Å². The zero-order valence-corrected chi connectivity index (χ0v) is 13.4. The molecule has 1 fully saturated rings. The summed E-state index contributed by atoms with van der Waals surface area (Å²) in [5.41, 5.74) is -1.59. The Morgan fingerprint density at radius 2 is 1.48 bits per heavy atom. The van der Waals surface area contributed by atoms with Gasteiger partial charge in [-0.15, -0.1) is 0 Å². The molecule has 0 aromatic heterocycles. The predicted molar refractivity (Wildman–Crippen MR) is 78.3 cm³/mol. The lowest BCUT2D eigenvalue weighted by atomic mass is 9.87. The first kappa shape index (κ1) is 19.6.